The number of nitrogens with one attached hydrogen (secondary N) is 2. The number of benzene rings is 2. The van der Waals surface area contributed by atoms with Crippen LogP contribution in [-0.4, -0.2) is 15.7 Å². The molecular formula is C21H20N4O. The summed E-state index contributed by atoms with van der Waals surface area (Å²) in [4.78, 5) is 13.3. The van der Waals surface area contributed by atoms with Crippen molar-refractivity contribution in [2.24, 2.45) is 5.41 Å². The van der Waals surface area contributed by atoms with Gasteiger partial charge in [0.15, 0.2) is 5.54 Å². The Morgan fingerprint density at radius 2 is 1.69 bits per heavy atom. The summed E-state index contributed by atoms with van der Waals surface area (Å²) in [7, 11) is 0. The number of anilines is 2. The summed E-state index contributed by atoms with van der Waals surface area (Å²) in [6.07, 6.45) is 2.61. The number of hydrogen-bond acceptors (Lipinski definition) is 3. The topological polar surface area (TPSA) is 59.0 Å². The molecule has 1 atom stereocenters. The number of para-hydroxylation sites is 3. The fourth-order valence-corrected chi connectivity index (χ4v) is 4.41. The Balaban J connectivity index is 1.71. The fraction of sp³-hybridized carbons (Fsp3) is 0.238. The summed E-state index contributed by atoms with van der Waals surface area (Å²) in [6, 6.07) is 17.9. The van der Waals surface area contributed by atoms with E-state index in [2.05, 4.69) is 29.6 Å². The van der Waals surface area contributed by atoms with E-state index in [1.165, 1.54) is 0 Å². The minimum absolute atomic E-state index is 0.0208. The second-order valence-electron chi connectivity index (χ2n) is 7.69. The molecule has 26 heavy (non-hydrogen) atoms. The summed E-state index contributed by atoms with van der Waals surface area (Å²) in [5.74, 6) is -0.0208. The van der Waals surface area contributed by atoms with Crippen molar-refractivity contribution in [2.75, 3.05) is 10.6 Å². The van der Waals surface area contributed by atoms with E-state index in [1.807, 2.05) is 65.5 Å². The van der Waals surface area contributed by atoms with E-state index in [4.69, 9.17) is 0 Å². The molecule has 5 heteroatoms. The molecule has 0 saturated carbocycles. The van der Waals surface area contributed by atoms with Crippen molar-refractivity contribution in [3.8, 4) is 5.69 Å². The predicted molar refractivity (Wildman–Crippen MR) is 101 cm³/mol. The summed E-state index contributed by atoms with van der Waals surface area (Å²) >= 11 is 0. The molecule has 130 valence electrons. The van der Waals surface area contributed by atoms with Gasteiger partial charge in [-0.3, -0.25) is 4.79 Å². The molecule has 0 bridgehead atoms. The number of carbonyl (C=O) groups excluding carboxylic acids is 1. The lowest BCUT2D eigenvalue weighted by atomic mass is 9.71. The van der Waals surface area contributed by atoms with Crippen molar-refractivity contribution < 1.29 is 4.79 Å². The first-order valence-electron chi connectivity index (χ1n) is 8.84. The van der Waals surface area contributed by atoms with Crippen LogP contribution in [0.1, 0.15) is 25.1 Å². The van der Waals surface area contributed by atoms with Crippen LogP contribution in [0.3, 0.4) is 0 Å². The molecule has 1 aliphatic heterocycles. The van der Waals surface area contributed by atoms with Crippen molar-refractivity contribution >= 4 is 17.3 Å². The number of hydrogen-bond donors (Lipinski definition) is 2. The second-order valence-corrected chi connectivity index (χ2v) is 7.69. The van der Waals surface area contributed by atoms with Crippen LogP contribution in [-0.2, 0) is 16.8 Å². The van der Waals surface area contributed by atoms with Crippen LogP contribution in [0.4, 0.5) is 11.4 Å². The quantitative estimate of drug-likeness (QED) is 0.707. The molecular weight excluding hydrogens is 324 g/mol. The number of carbonyl (C=O) groups is 1. The third kappa shape index (κ3) is 1.80. The largest absolute Gasteiger partial charge is 0.365 e. The van der Waals surface area contributed by atoms with Gasteiger partial charge in [0.1, 0.15) is 0 Å². The van der Waals surface area contributed by atoms with Crippen LogP contribution < -0.4 is 10.6 Å². The summed E-state index contributed by atoms with van der Waals surface area (Å²) in [5, 5.41) is 11.3. The van der Waals surface area contributed by atoms with Gasteiger partial charge in [-0.25, -0.2) is 4.68 Å². The smallest absolute Gasteiger partial charge is 0.255 e. The molecule has 0 fully saturated rings. The van der Waals surface area contributed by atoms with E-state index in [0.29, 0.717) is 0 Å². The Hall–Kier alpha value is -3.08. The van der Waals surface area contributed by atoms with Crippen molar-refractivity contribution in [1.82, 2.24) is 9.78 Å². The second kappa shape index (κ2) is 4.97. The van der Waals surface area contributed by atoms with Gasteiger partial charge in [-0.1, -0.05) is 44.2 Å². The minimum atomic E-state index is -0.830. The van der Waals surface area contributed by atoms with Gasteiger partial charge >= 0.3 is 0 Å². The first kappa shape index (κ1) is 15.2. The van der Waals surface area contributed by atoms with Crippen LogP contribution in [0.5, 0.6) is 0 Å². The van der Waals surface area contributed by atoms with E-state index in [9.17, 15) is 4.79 Å². The number of fused-ring (bicyclic) bond motifs is 3. The molecule has 3 aromatic rings. The van der Waals surface area contributed by atoms with Crippen LogP contribution in [0.15, 0.2) is 60.8 Å². The van der Waals surface area contributed by atoms with Gasteiger partial charge < -0.3 is 10.6 Å². The van der Waals surface area contributed by atoms with Gasteiger partial charge in [-0.2, -0.15) is 5.10 Å². The molecule has 5 nitrogen and oxygen atoms in total. The Kier molecular flexibility index (Phi) is 2.91. The Morgan fingerprint density at radius 3 is 2.46 bits per heavy atom. The molecule has 1 spiro atoms. The molecule has 2 N–H and O–H groups in total. The number of aromatic nitrogens is 2. The Bertz CT molecular complexity index is 1020. The van der Waals surface area contributed by atoms with Gasteiger partial charge in [0.2, 0.25) is 0 Å². The normalized spacial score (nSPS) is 22.5. The highest BCUT2D eigenvalue weighted by atomic mass is 16.2. The van der Waals surface area contributed by atoms with E-state index in [-0.39, 0.29) is 11.3 Å². The SMILES string of the molecule is CC1(C)Cc2c(cnn2-c2ccccc2)C12Nc1ccccc1NC2=O. The van der Waals surface area contributed by atoms with Crippen LogP contribution >= 0.6 is 0 Å². The van der Waals surface area contributed by atoms with E-state index < -0.39 is 5.54 Å². The zero-order chi connectivity index (χ0) is 17.9. The van der Waals surface area contributed by atoms with Gasteiger partial charge in [0, 0.05) is 11.0 Å². The zero-order valence-corrected chi connectivity index (χ0v) is 14.8. The van der Waals surface area contributed by atoms with Crippen molar-refractivity contribution in [1.29, 1.82) is 0 Å². The van der Waals surface area contributed by atoms with Crippen LogP contribution in [0.25, 0.3) is 5.69 Å². The number of nitrogens with zero attached hydrogens (tertiary/aromatic N) is 2. The molecule has 0 saturated heterocycles. The maximum atomic E-state index is 13.3. The van der Waals surface area contributed by atoms with Gasteiger partial charge in [0.05, 0.1) is 29.0 Å². The molecule has 2 aromatic carbocycles. The van der Waals surface area contributed by atoms with Crippen molar-refractivity contribution in [3.63, 3.8) is 0 Å². The van der Waals surface area contributed by atoms with E-state index in [1.54, 1.807) is 0 Å². The minimum Gasteiger partial charge on any atom is -0.365 e. The highest BCUT2D eigenvalue weighted by molar-refractivity contribution is 6.07. The lowest BCUT2D eigenvalue weighted by molar-refractivity contribution is -0.124. The number of rotatable bonds is 1. The van der Waals surface area contributed by atoms with Crippen molar-refractivity contribution in [3.05, 3.63) is 72.1 Å². The first-order chi connectivity index (χ1) is 12.5. The van der Waals surface area contributed by atoms with Gasteiger partial charge in [-0.15, -0.1) is 0 Å². The Labute approximate surface area is 152 Å². The summed E-state index contributed by atoms with van der Waals surface area (Å²) in [6.45, 7) is 4.28. The maximum Gasteiger partial charge on any atom is 0.255 e. The molecule has 2 heterocycles. The highest BCUT2D eigenvalue weighted by Gasteiger charge is 2.60. The molecule has 1 aliphatic carbocycles. The maximum absolute atomic E-state index is 13.3. The lowest BCUT2D eigenvalue weighted by Gasteiger charge is -2.44. The van der Waals surface area contributed by atoms with Gasteiger partial charge in [0.25, 0.3) is 5.91 Å². The standard InChI is InChI=1S/C21H20N4O/c1-20(2)12-18-15(13-22-25(18)14-8-4-3-5-9-14)21(20)19(26)23-16-10-6-7-11-17(16)24-21/h3-11,13,24H,12H2,1-2H3,(H,23,26). The third-order valence-corrected chi connectivity index (χ3v) is 5.74. The molecule has 2 aliphatic rings. The molecule has 1 amide bonds. The molecule has 0 radical (unpaired) electrons. The monoisotopic (exact) mass is 344 g/mol. The number of amides is 1. The van der Waals surface area contributed by atoms with E-state index >= 15 is 0 Å². The summed E-state index contributed by atoms with van der Waals surface area (Å²) in [5.41, 5.74) is 3.70. The molecule has 5 rings (SSSR count). The first-order valence-corrected chi connectivity index (χ1v) is 8.84. The van der Waals surface area contributed by atoms with Gasteiger partial charge in [-0.05, 0) is 30.7 Å². The molecule has 1 unspecified atom stereocenters. The predicted octanol–water partition coefficient (Wildman–Crippen LogP) is 3.71. The average Bonchev–Trinajstić information content (AvgIpc) is 3.13. The van der Waals surface area contributed by atoms with E-state index in [0.717, 1.165) is 34.7 Å². The summed E-state index contributed by atoms with van der Waals surface area (Å²) < 4.78 is 1.96. The Morgan fingerprint density at radius 1 is 1.00 bits per heavy atom. The average molecular weight is 344 g/mol. The fourth-order valence-electron chi connectivity index (χ4n) is 4.41. The molecule has 1 aromatic heterocycles. The van der Waals surface area contributed by atoms with Crippen molar-refractivity contribution in [2.45, 2.75) is 25.8 Å². The van der Waals surface area contributed by atoms with Crippen LogP contribution in [0, 0.1) is 5.41 Å². The zero-order valence-electron chi connectivity index (χ0n) is 14.8. The lowest BCUT2D eigenvalue weighted by Crippen LogP contribution is -2.56. The highest BCUT2D eigenvalue weighted by Crippen LogP contribution is 2.54. The third-order valence-electron chi connectivity index (χ3n) is 5.74. The van der Waals surface area contributed by atoms with Crippen LogP contribution in [0.2, 0.25) is 0 Å².